The van der Waals surface area contributed by atoms with Crippen molar-refractivity contribution in [3.05, 3.63) is 44.7 Å². The van der Waals surface area contributed by atoms with Crippen LogP contribution in [0.1, 0.15) is 5.69 Å². The lowest BCUT2D eigenvalue weighted by molar-refractivity contribution is -0.141. The molecule has 0 unspecified atom stereocenters. The monoisotopic (exact) mass is 386 g/mol. The van der Waals surface area contributed by atoms with Crippen molar-refractivity contribution in [1.29, 1.82) is 0 Å². The molecule has 2 rings (SSSR count). The van der Waals surface area contributed by atoms with Crippen LogP contribution in [0.4, 0.5) is 13.2 Å². The molecule has 1 heterocycles. The Hall–Kier alpha value is -1.05. The van der Waals surface area contributed by atoms with Crippen LogP contribution in [0.2, 0.25) is 10.3 Å². The molecule has 3 nitrogen and oxygen atoms in total. The summed E-state index contributed by atoms with van der Waals surface area (Å²) in [6.07, 6.45) is -4.65. The number of ether oxygens (including phenoxy) is 1. The first-order chi connectivity index (χ1) is 9.25. The maximum absolute atomic E-state index is 12.6. The molecule has 1 aromatic heterocycles. The molecule has 0 aliphatic rings. The van der Waals surface area contributed by atoms with Crippen LogP contribution in [-0.2, 0) is 6.18 Å². The second-order valence-electron chi connectivity index (χ2n) is 3.54. The first kappa shape index (κ1) is 15.3. The molecule has 20 heavy (non-hydrogen) atoms. The minimum absolute atomic E-state index is 0.143. The quantitative estimate of drug-likeness (QED) is 0.651. The van der Waals surface area contributed by atoms with E-state index in [0.29, 0.717) is 10.5 Å². The molecular formula is C11H4BrCl2F3N2O. The number of aromatic nitrogens is 2. The minimum Gasteiger partial charge on any atom is -0.437 e. The molecule has 0 radical (unpaired) electrons. The second-order valence-corrected chi connectivity index (χ2v) is 5.20. The van der Waals surface area contributed by atoms with Gasteiger partial charge in [0.05, 0.1) is 5.02 Å². The van der Waals surface area contributed by atoms with Gasteiger partial charge in [0.25, 0.3) is 0 Å². The van der Waals surface area contributed by atoms with E-state index in [1.165, 1.54) is 12.1 Å². The van der Waals surface area contributed by atoms with Crippen molar-refractivity contribution in [3.63, 3.8) is 0 Å². The third-order valence-electron chi connectivity index (χ3n) is 2.07. The first-order valence-electron chi connectivity index (χ1n) is 5.00. The fourth-order valence-corrected chi connectivity index (χ4v) is 1.93. The van der Waals surface area contributed by atoms with E-state index < -0.39 is 17.2 Å². The number of hydrogen-bond acceptors (Lipinski definition) is 3. The Labute approximate surface area is 129 Å². The van der Waals surface area contributed by atoms with Crippen LogP contribution in [0, 0.1) is 0 Å². The topological polar surface area (TPSA) is 35.0 Å². The average molecular weight is 388 g/mol. The smallest absolute Gasteiger partial charge is 0.433 e. The maximum Gasteiger partial charge on any atom is 0.433 e. The van der Waals surface area contributed by atoms with Crippen molar-refractivity contribution < 1.29 is 17.9 Å². The van der Waals surface area contributed by atoms with Gasteiger partial charge in [-0.2, -0.15) is 18.2 Å². The summed E-state index contributed by atoms with van der Waals surface area (Å²) in [4.78, 5) is 6.67. The summed E-state index contributed by atoms with van der Waals surface area (Å²) in [5.41, 5.74) is -1.20. The van der Waals surface area contributed by atoms with Crippen molar-refractivity contribution in [1.82, 2.24) is 9.97 Å². The summed E-state index contributed by atoms with van der Waals surface area (Å²) in [6, 6.07) is 5.31. The number of rotatable bonds is 2. The highest BCUT2D eigenvalue weighted by atomic mass is 79.9. The summed E-state index contributed by atoms with van der Waals surface area (Å²) < 4.78 is 43.6. The van der Waals surface area contributed by atoms with Crippen molar-refractivity contribution in [3.8, 4) is 11.6 Å². The summed E-state index contributed by atoms with van der Waals surface area (Å²) in [5.74, 6) is -0.207. The van der Waals surface area contributed by atoms with E-state index in [-0.39, 0.29) is 16.7 Å². The lowest BCUT2D eigenvalue weighted by atomic mass is 10.3. The van der Waals surface area contributed by atoms with E-state index in [1.54, 1.807) is 6.07 Å². The van der Waals surface area contributed by atoms with Crippen molar-refractivity contribution in [2.75, 3.05) is 0 Å². The van der Waals surface area contributed by atoms with Crippen LogP contribution >= 0.6 is 39.1 Å². The largest absolute Gasteiger partial charge is 0.437 e. The Morgan fingerprint density at radius 2 is 1.80 bits per heavy atom. The van der Waals surface area contributed by atoms with E-state index in [2.05, 4.69) is 25.9 Å². The second kappa shape index (κ2) is 5.75. The van der Waals surface area contributed by atoms with Gasteiger partial charge < -0.3 is 4.74 Å². The number of nitrogens with zero attached hydrogens (tertiary/aromatic N) is 2. The number of halogens is 6. The third-order valence-corrected chi connectivity index (χ3v) is 3.05. The van der Waals surface area contributed by atoms with Crippen LogP contribution in [0.3, 0.4) is 0 Å². The van der Waals surface area contributed by atoms with E-state index >= 15 is 0 Å². The molecule has 1 aromatic carbocycles. The highest BCUT2D eigenvalue weighted by Crippen LogP contribution is 2.34. The van der Waals surface area contributed by atoms with Gasteiger partial charge in [0.2, 0.25) is 11.2 Å². The van der Waals surface area contributed by atoms with Crippen LogP contribution in [0.5, 0.6) is 11.6 Å². The molecule has 0 N–H and O–H groups in total. The van der Waals surface area contributed by atoms with E-state index in [1.807, 2.05) is 0 Å². The molecule has 0 saturated carbocycles. The summed E-state index contributed by atoms with van der Waals surface area (Å²) in [6.45, 7) is 0. The average Bonchev–Trinajstić information content (AvgIpc) is 2.32. The molecule has 0 fully saturated rings. The molecule has 2 aromatic rings. The lowest BCUT2D eigenvalue weighted by Gasteiger charge is -2.10. The Morgan fingerprint density at radius 3 is 2.45 bits per heavy atom. The van der Waals surface area contributed by atoms with Crippen LogP contribution < -0.4 is 4.74 Å². The minimum atomic E-state index is -4.65. The highest BCUT2D eigenvalue weighted by molar-refractivity contribution is 9.10. The van der Waals surface area contributed by atoms with Crippen LogP contribution in [0.15, 0.2) is 28.7 Å². The third kappa shape index (κ3) is 3.74. The van der Waals surface area contributed by atoms with Crippen molar-refractivity contribution in [2.24, 2.45) is 0 Å². The van der Waals surface area contributed by atoms with Gasteiger partial charge in [-0.3, -0.25) is 0 Å². The number of alkyl halides is 3. The van der Waals surface area contributed by atoms with Gasteiger partial charge in [-0.1, -0.05) is 27.5 Å². The molecule has 0 aliphatic heterocycles. The molecule has 0 spiro atoms. The maximum atomic E-state index is 12.6. The van der Waals surface area contributed by atoms with E-state index in [9.17, 15) is 13.2 Å². The van der Waals surface area contributed by atoms with E-state index in [0.717, 1.165) is 0 Å². The molecular weight excluding hydrogens is 384 g/mol. The molecule has 0 saturated heterocycles. The molecule has 106 valence electrons. The van der Waals surface area contributed by atoms with Crippen LogP contribution in [0.25, 0.3) is 0 Å². The van der Waals surface area contributed by atoms with Crippen molar-refractivity contribution in [2.45, 2.75) is 6.18 Å². The Bertz CT molecular complexity index is 652. The molecule has 9 heteroatoms. The Balaban J connectivity index is 2.39. The number of benzene rings is 1. The standard InChI is InChI=1S/C11H4BrCl2F3N2O/c12-5-1-2-6(13)7(3-5)20-9-4-8(11(15,16)17)18-10(14)19-9/h1-4H. The van der Waals surface area contributed by atoms with Gasteiger partial charge in [0, 0.05) is 10.5 Å². The van der Waals surface area contributed by atoms with Crippen LogP contribution in [-0.4, -0.2) is 9.97 Å². The van der Waals surface area contributed by atoms with Gasteiger partial charge in [0.15, 0.2) is 5.69 Å². The molecule has 0 amide bonds. The summed E-state index contributed by atoms with van der Waals surface area (Å²) in [5, 5.41) is -0.350. The first-order valence-corrected chi connectivity index (χ1v) is 6.55. The zero-order valence-corrected chi connectivity index (χ0v) is 12.5. The highest BCUT2D eigenvalue weighted by Gasteiger charge is 2.34. The fraction of sp³-hybridized carbons (Fsp3) is 0.0909. The van der Waals surface area contributed by atoms with Gasteiger partial charge in [-0.15, -0.1) is 0 Å². The predicted molar refractivity (Wildman–Crippen MR) is 71.3 cm³/mol. The van der Waals surface area contributed by atoms with Crippen molar-refractivity contribution >= 4 is 39.1 Å². The molecule has 0 bridgehead atoms. The SMILES string of the molecule is FC(F)(F)c1cc(Oc2cc(Br)ccc2Cl)nc(Cl)n1. The molecule has 0 aliphatic carbocycles. The zero-order chi connectivity index (χ0) is 14.9. The van der Waals surface area contributed by atoms with E-state index in [4.69, 9.17) is 27.9 Å². The summed E-state index contributed by atoms with van der Waals surface area (Å²) in [7, 11) is 0. The van der Waals surface area contributed by atoms with Gasteiger partial charge in [0.1, 0.15) is 5.75 Å². The Kier molecular flexibility index (Phi) is 4.41. The lowest BCUT2D eigenvalue weighted by Crippen LogP contribution is -2.09. The number of hydrogen-bond donors (Lipinski definition) is 0. The fourth-order valence-electron chi connectivity index (χ4n) is 1.26. The Morgan fingerprint density at radius 1 is 1.10 bits per heavy atom. The van der Waals surface area contributed by atoms with Gasteiger partial charge in [-0.25, -0.2) is 4.98 Å². The zero-order valence-electron chi connectivity index (χ0n) is 9.38. The molecule has 0 atom stereocenters. The van der Waals surface area contributed by atoms with Gasteiger partial charge >= 0.3 is 6.18 Å². The van der Waals surface area contributed by atoms with Gasteiger partial charge in [-0.05, 0) is 29.8 Å². The normalized spacial score (nSPS) is 11.5. The summed E-state index contributed by atoms with van der Waals surface area (Å²) >= 11 is 14.5. The predicted octanol–water partition coefficient (Wildman–Crippen LogP) is 5.36.